The first kappa shape index (κ1) is 14.2. The number of nitrogens with one attached hydrogen (secondary N) is 3. The SMILES string of the molecule is Cc1nc(-c2c[nH]c(C(=O)NCC3CNCC3O)c2)cs1. The second-order valence-corrected chi connectivity index (χ2v) is 6.31. The van der Waals surface area contributed by atoms with Gasteiger partial charge in [0.25, 0.3) is 5.91 Å². The van der Waals surface area contributed by atoms with E-state index in [0.717, 1.165) is 22.8 Å². The average molecular weight is 306 g/mol. The molecule has 6 nitrogen and oxygen atoms in total. The Bertz CT molecular complexity index is 636. The molecule has 0 bridgehead atoms. The second-order valence-electron chi connectivity index (χ2n) is 5.25. The van der Waals surface area contributed by atoms with Gasteiger partial charge in [0.15, 0.2) is 0 Å². The van der Waals surface area contributed by atoms with Crippen molar-refractivity contribution in [3.05, 3.63) is 28.3 Å². The number of amides is 1. The van der Waals surface area contributed by atoms with Crippen LogP contribution in [0.25, 0.3) is 11.3 Å². The topological polar surface area (TPSA) is 90.0 Å². The number of β-amino-alcohol motifs (C(OH)–C–C–N with tert-alkyl or cyclic N) is 1. The van der Waals surface area contributed by atoms with Gasteiger partial charge in [-0.3, -0.25) is 4.79 Å². The van der Waals surface area contributed by atoms with E-state index in [0.29, 0.717) is 18.8 Å². The molecule has 7 heteroatoms. The number of rotatable bonds is 4. The maximum atomic E-state index is 12.1. The minimum absolute atomic E-state index is 0.0737. The molecule has 1 saturated heterocycles. The summed E-state index contributed by atoms with van der Waals surface area (Å²) in [4.78, 5) is 19.5. The van der Waals surface area contributed by atoms with Crippen LogP contribution in [0.15, 0.2) is 17.6 Å². The van der Waals surface area contributed by atoms with Gasteiger partial charge in [0, 0.05) is 42.7 Å². The molecule has 2 aromatic rings. The molecule has 2 atom stereocenters. The van der Waals surface area contributed by atoms with Gasteiger partial charge < -0.3 is 20.7 Å². The predicted molar refractivity (Wildman–Crippen MR) is 81.3 cm³/mol. The van der Waals surface area contributed by atoms with Crippen molar-refractivity contribution >= 4 is 17.2 Å². The summed E-state index contributed by atoms with van der Waals surface area (Å²) in [6.45, 7) is 3.75. The molecule has 2 unspecified atom stereocenters. The molecule has 0 radical (unpaired) electrons. The van der Waals surface area contributed by atoms with Crippen molar-refractivity contribution in [2.24, 2.45) is 5.92 Å². The largest absolute Gasteiger partial charge is 0.391 e. The van der Waals surface area contributed by atoms with Crippen LogP contribution in [0.2, 0.25) is 0 Å². The second kappa shape index (κ2) is 5.97. The quantitative estimate of drug-likeness (QED) is 0.671. The summed E-state index contributed by atoms with van der Waals surface area (Å²) >= 11 is 1.58. The average Bonchev–Trinajstić information content (AvgIpc) is 3.16. The van der Waals surface area contributed by atoms with Crippen molar-refractivity contribution in [1.82, 2.24) is 20.6 Å². The third-order valence-corrected chi connectivity index (χ3v) is 4.44. The lowest BCUT2D eigenvalue weighted by Gasteiger charge is -2.13. The molecular formula is C14H18N4O2S. The van der Waals surface area contributed by atoms with E-state index in [-0.39, 0.29) is 17.9 Å². The van der Waals surface area contributed by atoms with Gasteiger partial charge in [-0.2, -0.15) is 0 Å². The molecule has 0 aromatic carbocycles. The smallest absolute Gasteiger partial charge is 0.267 e. The summed E-state index contributed by atoms with van der Waals surface area (Å²) < 4.78 is 0. The Balaban J connectivity index is 1.61. The Morgan fingerprint density at radius 2 is 2.43 bits per heavy atom. The Hall–Kier alpha value is -1.70. The van der Waals surface area contributed by atoms with Crippen LogP contribution in [0.5, 0.6) is 0 Å². The van der Waals surface area contributed by atoms with Gasteiger partial charge in [-0.1, -0.05) is 0 Å². The maximum absolute atomic E-state index is 12.1. The molecule has 1 aliphatic heterocycles. The number of carbonyl (C=O) groups excluding carboxylic acids is 1. The fourth-order valence-electron chi connectivity index (χ4n) is 2.42. The summed E-state index contributed by atoms with van der Waals surface area (Å²) in [5.41, 5.74) is 2.30. The predicted octanol–water partition coefficient (Wildman–Crippen LogP) is 0.757. The summed E-state index contributed by atoms with van der Waals surface area (Å²) in [6.07, 6.45) is 1.40. The van der Waals surface area contributed by atoms with E-state index in [1.54, 1.807) is 23.6 Å². The van der Waals surface area contributed by atoms with Gasteiger partial charge in [0.1, 0.15) is 5.69 Å². The summed E-state index contributed by atoms with van der Waals surface area (Å²) in [6, 6.07) is 1.80. The highest BCUT2D eigenvalue weighted by Gasteiger charge is 2.25. The zero-order valence-corrected chi connectivity index (χ0v) is 12.5. The normalized spacial score (nSPS) is 21.6. The zero-order chi connectivity index (χ0) is 14.8. The number of aryl methyl sites for hydroxylation is 1. The minimum Gasteiger partial charge on any atom is -0.391 e. The molecule has 1 fully saturated rings. The number of nitrogens with zero attached hydrogens (tertiary/aromatic N) is 1. The number of H-pyrrole nitrogens is 1. The maximum Gasteiger partial charge on any atom is 0.267 e. The molecule has 0 spiro atoms. The number of aliphatic hydroxyl groups excluding tert-OH is 1. The van der Waals surface area contributed by atoms with Crippen molar-refractivity contribution in [2.75, 3.05) is 19.6 Å². The number of thiazole rings is 1. The first-order chi connectivity index (χ1) is 10.1. The molecule has 112 valence electrons. The van der Waals surface area contributed by atoms with E-state index < -0.39 is 0 Å². The van der Waals surface area contributed by atoms with Gasteiger partial charge in [0.2, 0.25) is 0 Å². The van der Waals surface area contributed by atoms with E-state index in [4.69, 9.17) is 0 Å². The lowest BCUT2D eigenvalue weighted by atomic mass is 10.1. The van der Waals surface area contributed by atoms with Crippen molar-refractivity contribution in [3.63, 3.8) is 0 Å². The molecule has 0 saturated carbocycles. The van der Waals surface area contributed by atoms with Crippen molar-refractivity contribution in [1.29, 1.82) is 0 Å². The molecule has 0 aliphatic carbocycles. The highest BCUT2D eigenvalue weighted by atomic mass is 32.1. The molecule has 2 aromatic heterocycles. The van der Waals surface area contributed by atoms with Gasteiger partial charge >= 0.3 is 0 Å². The molecule has 3 heterocycles. The monoisotopic (exact) mass is 306 g/mol. The van der Waals surface area contributed by atoms with Crippen molar-refractivity contribution < 1.29 is 9.90 Å². The van der Waals surface area contributed by atoms with Crippen LogP contribution in [0.4, 0.5) is 0 Å². The van der Waals surface area contributed by atoms with Crippen LogP contribution in [0.3, 0.4) is 0 Å². The number of aromatic nitrogens is 2. The number of aliphatic hydroxyl groups is 1. The first-order valence-electron chi connectivity index (χ1n) is 6.91. The minimum atomic E-state index is -0.387. The molecular weight excluding hydrogens is 288 g/mol. The Morgan fingerprint density at radius 1 is 1.57 bits per heavy atom. The van der Waals surface area contributed by atoms with Crippen LogP contribution in [0, 0.1) is 12.8 Å². The fourth-order valence-corrected chi connectivity index (χ4v) is 3.04. The molecule has 4 N–H and O–H groups in total. The highest BCUT2D eigenvalue weighted by molar-refractivity contribution is 7.09. The summed E-state index contributed by atoms with van der Waals surface area (Å²) in [5.74, 6) is -0.0862. The molecule has 1 aliphatic rings. The van der Waals surface area contributed by atoms with Gasteiger partial charge in [0.05, 0.1) is 16.8 Å². The number of hydrogen-bond donors (Lipinski definition) is 4. The van der Waals surface area contributed by atoms with Crippen molar-refractivity contribution in [3.8, 4) is 11.3 Å². The van der Waals surface area contributed by atoms with Gasteiger partial charge in [-0.15, -0.1) is 11.3 Å². The lowest BCUT2D eigenvalue weighted by molar-refractivity contribution is 0.0923. The van der Waals surface area contributed by atoms with E-state index in [1.165, 1.54) is 0 Å². The van der Waals surface area contributed by atoms with Gasteiger partial charge in [-0.25, -0.2) is 4.98 Å². The van der Waals surface area contributed by atoms with E-state index in [1.807, 2.05) is 12.3 Å². The van der Waals surface area contributed by atoms with E-state index >= 15 is 0 Å². The van der Waals surface area contributed by atoms with Gasteiger partial charge in [-0.05, 0) is 13.0 Å². The zero-order valence-electron chi connectivity index (χ0n) is 11.7. The highest BCUT2D eigenvalue weighted by Crippen LogP contribution is 2.22. The van der Waals surface area contributed by atoms with Crippen LogP contribution in [0.1, 0.15) is 15.5 Å². The van der Waals surface area contributed by atoms with Crippen molar-refractivity contribution in [2.45, 2.75) is 13.0 Å². The third kappa shape index (κ3) is 3.15. The lowest BCUT2D eigenvalue weighted by Crippen LogP contribution is -2.34. The Labute approximate surface area is 126 Å². The third-order valence-electron chi connectivity index (χ3n) is 3.67. The Morgan fingerprint density at radius 3 is 3.10 bits per heavy atom. The standard InChI is InChI=1S/C14H18N4O2S/c1-8-18-12(7-21-8)9-2-11(16-4-9)14(20)17-5-10-3-15-6-13(10)19/h2,4,7,10,13,15-16,19H,3,5-6H2,1H3,(H,17,20). The van der Waals surface area contributed by atoms with E-state index in [2.05, 4.69) is 20.6 Å². The van der Waals surface area contributed by atoms with E-state index in [9.17, 15) is 9.90 Å². The van der Waals surface area contributed by atoms with Crippen LogP contribution in [-0.2, 0) is 0 Å². The summed E-state index contributed by atoms with van der Waals surface area (Å²) in [5, 5.41) is 18.6. The number of aromatic amines is 1. The summed E-state index contributed by atoms with van der Waals surface area (Å²) in [7, 11) is 0. The fraction of sp³-hybridized carbons (Fsp3) is 0.429. The van der Waals surface area contributed by atoms with Crippen LogP contribution >= 0.6 is 11.3 Å². The first-order valence-corrected chi connectivity index (χ1v) is 7.79. The number of carbonyl (C=O) groups is 1. The van der Waals surface area contributed by atoms with Crippen LogP contribution in [-0.4, -0.2) is 46.7 Å². The molecule has 21 heavy (non-hydrogen) atoms. The van der Waals surface area contributed by atoms with Crippen LogP contribution < -0.4 is 10.6 Å². The Kier molecular flexibility index (Phi) is 4.05. The molecule has 1 amide bonds. The number of hydrogen-bond acceptors (Lipinski definition) is 5. The molecule has 3 rings (SSSR count).